The summed E-state index contributed by atoms with van der Waals surface area (Å²) in [5.41, 5.74) is -0.724. The molecule has 0 aromatic carbocycles. The van der Waals surface area contributed by atoms with Gasteiger partial charge in [-0.1, -0.05) is 13.8 Å². The average Bonchev–Trinajstić information content (AvgIpc) is 1.98. The zero-order valence-electron chi connectivity index (χ0n) is 9.38. The van der Waals surface area contributed by atoms with Crippen LogP contribution in [0.25, 0.3) is 0 Å². The molecule has 0 aliphatic rings. The van der Waals surface area contributed by atoms with Gasteiger partial charge in [0.2, 0.25) is 0 Å². The smallest absolute Gasteiger partial charge is 0.326 e. The lowest BCUT2D eigenvalue weighted by Crippen LogP contribution is -2.28. The highest BCUT2D eigenvalue weighted by molar-refractivity contribution is 7.57. The van der Waals surface area contributed by atoms with Crippen LogP contribution in [0.5, 0.6) is 0 Å². The van der Waals surface area contributed by atoms with E-state index in [0.717, 1.165) is 0 Å². The molecule has 0 spiro atoms. The van der Waals surface area contributed by atoms with E-state index in [-0.39, 0.29) is 12.3 Å². The van der Waals surface area contributed by atoms with E-state index in [1.165, 1.54) is 6.66 Å². The highest BCUT2D eigenvalue weighted by atomic mass is 31.2. The lowest BCUT2D eigenvalue weighted by atomic mass is 9.87. The molecule has 0 rings (SSSR count). The van der Waals surface area contributed by atoms with Crippen molar-refractivity contribution in [2.45, 2.75) is 26.7 Å². The van der Waals surface area contributed by atoms with Crippen LogP contribution in [0.3, 0.4) is 0 Å². The van der Waals surface area contributed by atoms with E-state index in [0.29, 0.717) is 12.8 Å². The van der Waals surface area contributed by atoms with Crippen molar-refractivity contribution in [3.8, 4) is 0 Å². The van der Waals surface area contributed by atoms with E-state index in [9.17, 15) is 14.0 Å². The molecule has 1 unspecified atom stereocenters. The minimum atomic E-state index is -4.14. The SMILES string of the molecule is CCC(CC)(CP(C)(=O)O)CP(=O)(O)O. The van der Waals surface area contributed by atoms with Gasteiger partial charge in [-0.3, -0.25) is 9.13 Å². The summed E-state index contributed by atoms with van der Waals surface area (Å²) in [4.78, 5) is 27.2. The molecule has 0 amide bonds. The second kappa shape index (κ2) is 5.11. The zero-order chi connectivity index (χ0) is 12.3. The van der Waals surface area contributed by atoms with Crippen molar-refractivity contribution < 1.29 is 23.8 Å². The topological polar surface area (TPSA) is 94.8 Å². The van der Waals surface area contributed by atoms with Gasteiger partial charge in [0, 0.05) is 12.8 Å². The molecule has 0 aromatic heterocycles. The Hall–Kier alpha value is 0.340. The minimum Gasteiger partial charge on any atom is -0.344 e. The van der Waals surface area contributed by atoms with Gasteiger partial charge in [-0.05, 0) is 18.3 Å². The lowest BCUT2D eigenvalue weighted by Gasteiger charge is -2.32. The molecule has 5 nitrogen and oxygen atoms in total. The van der Waals surface area contributed by atoms with Crippen LogP contribution in [0.2, 0.25) is 0 Å². The summed E-state index contributed by atoms with van der Waals surface area (Å²) >= 11 is 0. The molecule has 0 heterocycles. The molecule has 3 N–H and O–H groups in total. The first-order valence-electron chi connectivity index (χ1n) is 4.87. The number of hydrogen-bond acceptors (Lipinski definition) is 2. The molecule has 0 aliphatic heterocycles. The molecule has 1 atom stereocenters. The predicted octanol–water partition coefficient (Wildman–Crippen LogP) is 1.87. The van der Waals surface area contributed by atoms with Crippen molar-refractivity contribution in [3.05, 3.63) is 0 Å². The largest absolute Gasteiger partial charge is 0.344 e. The van der Waals surface area contributed by atoms with Gasteiger partial charge < -0.3 is 14.7 Å². The summed E-state index contributed by atoms with van der Waals surface area (Å²) < 4.78 is 22.3. The third-order valence-corrected chi connectivity index (χ3v) is 5.01. The Morgan fingerprint density at radius 3 is 1.60 bits per heavy atom. The Bertz CT molecular complexity index is 259. The van der Waals surface area contributed by atoms with Gasteiger partial charge in [0.15, 0.2) is 7.37 Å². The molecular weight excluding hydrogens is 238 g/mol. The normalized spacial score (nSPS) is 17.5. The second-order valence-corrected chi connectivity index (χ2v) is 8.30. The standard InChI is InChI=1S/C8H20O5P2/c1-4-8(5-2,6-14(3,9)10)7-15(11,12)13/h4-7H2,1-3H3,(H,9,10)(H2,11,12,13). The van der Waals surface area contributed by atoms with Crippen LogP contribution in [-0.4, -0.2) is 33.7 Å². The summed E-state index contributed by atoms with van der Waals surface area (Å²) in [5, 5.41) is 0. The van der Waals surface area contributed by atoms with Crippen molar-refractivity contribution in [1.29, 1.82) is 0 Å². The fourth-order valence-electron chi connectivity index (χ4n) is 1.81. The van der Waals surface area contributed by atoms with Gasteiger partial charge in [0.05, 0.1) is 6.16 Å². The Labute approximate surface area is 90.5 Å². The Morgan fingerprint density at radius 1 is 1.00 bits per heavy atom. The molecule has 0 aliphatic carbocycles. The van der Waals surface area contributed by atoms with Gasteiger partial charge in [0.1, 0.15) is 0 Å². The van der Waals surface area contributed by atoms with Crippen LogP contribution in [0.15, 0.2) is 0 Å². The quantitative estimate of drug-likeness (QED) is 0.632. The van der Waals surface area contributed by atoms with Crippen LogP contribution >= 0.6 is 15.0 Å². The first-order valence-corrected chi connectivity index (χ1v) is 8.96. The summed E-state index contributed by atoms with van der Waals surface area (Å²) in [6.07, 6.45) is 0.642. The van der Waals surface area contributed by atoms with E-state index >= 15 is 0 Å². The van der Waals surface area contributed by atoms with Crippen molar-refractivity contribution in [3.63, 3.8) is 0 Å². The van der Waals surface area contributed by atoms with E-state index in [1.54, 1.807) is 13.8 Å². The first kappa shape index (κ1) is 15.3. The van der Waals surface area contributed by atoms with Crippen molar-refractivity contribution in [2.75, 3.05) is 19.0 Å². The monoisotopic (exact) mass is 258 g/mol. The Morgan fingerprint density at radius 2 is 1.40 bits per heavy atom. The Kier molecular flexibility index (Phi) is 5.23. The fourth-order valence-corrected chi connectivity index (χ4v) is 5.22. The second-order valence-electron chi connectivity index (χ2n) is 4.24. The maximum absolute atomic E-state index is 11.3. The Balaban J connectivity index is 4.90. The van der Waals surface area contributed by atoms with Crippen molar-refractivity contribution in [1.82, 2.24) is 0 Å². The molecule has 0 fully saturated rings. The molecule has 7 heteroatoms. The molecule has 92 valence electrons. The molecule has 0 aromatic rings. The van der Waals surface area contributed by atoms with Gasteiger partial charge in [-0.25, -0.2) is 0 Å². The highest BCUT2D eigenvalue weighted by Gasteiger charge is 2.37. The molecule has 0 bridgehead atoms. The predicted molar refractivity (Wildman–Crippen MR) is 60.5 cm³/mol. The summed E-state index contributed by atoms with van der Waals surface area (Å²) in [6, 6.07) is 0. The number of hydrogen-bond donors (Lipinski definition) is 3. The third kappa shape index (κ3) is 6.49. The van der Waals surface area contributed by atoms with Crippen molar-refractivity contribution >= 4 is 15.0 Å². The minimum absolute atomic E-state index is 0.0297. The maximum Gasteiger partial charge on any atom is 0.326 e. The van der Waals surface area contributed by atoms with Gasteiger partial charge >= 0.3 is 7.60 Å². The maximum atomic E-state index is 11.3. The van der Waals surface area contributed by atoms with Gasteiger partial charge in [0.25, 0.3) is 0 Å². The average molecular weight is 258 g/mol. The van der Waals surface area contributed by atoms with Crippen LogP contribution in [0.4, 0.5) is 0 Å². The lowest BCUT2D eigenvalue weighted by molar-refractivity contribution is 0.292. The first-order chi connectivity index (χ1) is 6.54. The van der Waals surface area contributed by atoms with E-state index in [1.807, 2.05) is 0 Å². The van der Waals surface area contributed by atoms with Crippen molar-refractivity contribution in [2.24, 2.45) is 5.41 Å². The summed E-state index contributed by atoms with van der Waals surface area (Å²) in [5.74, 6) is 0. The van der Waals surface area contributed by atoms with E-state index in [4.69, 9.17) is 9.79 Å². The van der Waals surface area contributed by atoms with Crippen LogP contribution in [-0.2, 0) is 9.13 Å². The fraction of sp³-hybridized carbons (Fsp3) is 1.00. The zero-order valence-corrected chi connectivity index (χ0v) is 11.2. The third-order valence-electron chi connectivity index (χ3n) is 2.67. The molecule has 0 radical (unpaired) electrons. The highest BCUT2D eigenvalue weighted by Crippen LogP contribution is 2.52. The molecule has 0 saturated carbocycles. The number of rotatable bonds is 6. The molecular formula is C8H20O5P2. The van der Waals surface area contributed by atoms with Crippen LogP contribution in [0, 0.1) is 5.41 Å². The van der Waals surface area contributed by atoms with Crippen LogP contribution < -0.4 is 0 Å². The summed E-state index contributed by atoms with van der Waals surface area (Å²) in [6.45, 7) is 4.80. The van der Waals surface area contributed by atoms with E-state index in [2.05, 4.69) is 0 Å². The van der Waals surface area contributed by atoms with Crippen LogP contribution in [0.1, 0.15) is 26.7 Å². The van der Waals surface area contributed by atoms with Gasteiger partial charge in [-0.15, -0.1) is 0 Å². The molecule has 0 saturated heterocycles. The van der Waals surface area contributed by atoms with E-state index < -0.39 is 20.4 Å². The molecule has 15 heavy (non-hydrogen) atoms. The summed E-state index contributed by atoms with van der Waals surface area (Å²) in [7, 11) is -7.39. The van der Waals surface area contributed by atoms with Gasteiger partial charge in [-0.2, -0.15) is 0 Å².